The molecular formula is C20H17FN2O3. The molecule has 0 N–H and O–H groups in total. The van der Waals surface area contributed by atoms with E-state index in [2.05, 4.69) is 5.18 Å². The van der Waals surface area contributed by atoms with Gasteiger partial charge >= 0.3 is 0 Å². The molecule has 0 saturated carbocycles. The van der Waals surface area contributed by atoms with Crippen molar-refractivity contribution in [2.24, 2.45) is 5.18 Å². The molecule has 2 heterocycles. The Morgan fingerprint density at radius 2 is 2.04 bits per heavy atom. The van der Waals surface area contributed by atoms with Crippen molar-refractivity contribution in [1.29, 1.82) is 0 Å². The minimum atomic E-state index is -0.634. The van der Waals surface area contributed by atoms with Gasteiger partial charge in [0.15, 0.2) is 0 Å². The number of nitrogens with zero attached hydrogens (tertiary/aromatic N) is 2. The van der Waals surface area contributed by atoms with Crippen LogP contribution >= 0.6 is 0 Å². The number of fused-ring (bicyclic) bond motifs is 2. The van der Waals surface area contributed by atoms with E-state index in [0.29, 0.717) is 52.7 Å². The van der Waals surface area contributed by atoms with E-state index in [1.54, 1.807) is 42.0 Å². The zero-order valence-corrected chi connectivity index (χ0v) is 14.2. The molecule has 0 saturated heterocycles. The van der Waals surface area contributed by atoms with E-state index in [4.69, 9.17) is 4.74 Å². The second-order valence-electron chi connectivity index (χ2n) is 6.40. The smallest absolute Gasteiger partial charge is 0.258 e. The van der Waals surface area contributed by atoms with Gasteiger partial charge in [-0.05, 0) is 48.7 Å². The van der Waals surface area contributed by atoms with Crippen LogP contribution in [0.25, 0.3) is 21.9 Å². The summed E-state index contributed by atoms with van der Waals surface area (Å²) in [6.07, 6.45) is 1.27. The lowest BCUT2D eigenvalue weighted by atomic mass is 9.90. The van der Waals surface area contributed by atoms with Crippen molar-refractivity contribution in [3.63, 3.8) is 0 Å². The monoisotopic (exact) mass is 352 g/mol. The summed E-state index contributed by atoms with van der Waals surface area (Å²) in [6.45, 7) is 0.518. The first kappa shape index (κ1) is 16.4. The molecule has 26 heavy (non-hydrogen) atoms. The van der Waals surface area contributed by atoms with Crippen molar-refractivity contribution in [3.8, 4) is 16.9 Å². The van der Waals surface area contributed by atoms with E-state index in [1.807, 2.05) is 0 Å². The van der Waals surface area contributed by atoms with Gasteiger partial charge in [-0.25, -0.2) is 4.39 Å². The van der Waals surface area contributed by atoms with Gasteiger partial charge in [-0.2, -0.15) is 4.91 Å². The molecule has 1 atom stereocenters. The number of pyridine rings is 1. The Balaban J connectivity index is 2.20. The Bertz CT molecular complexity index is 1070. The number of hydrogen-bond donors (Lipinski definition) is 0. The summed E-state index contributed by atoms with van der Waals surface area (Å²) in [5.41, 5.74) is 1.68. The predicted molar refractivity (Wildman–Crippen MR) is 97.9 cm³/mol. The maximum atomic E-state index is 13.9. The first-order chi connectivity index (χ1) is 12.6. The standard InChI is InChI=1S/C20H17FN2O3/c1-26-14-7-8-15-16(11-14)18(12-4-2-5-13(21)10-12)19-17(22-25)6-3-9-23(19)20(15)24/h2,4-5,7-8,10-11,17H,3,6,9H2,1H3. The Hall–Kier alpha value is -3.02. The summed E-state index contributed by atoms with van der Waals surface area (Å²) >= 11 is 0. The molecule has 2 aromatic carbocycles. The maximum Gasteiger partial charge on any atom is 0.258 e. The molecule has 1 aliphatic rings. The van der Waals surface area contributed by atoms with Crippen molar-refractivity contribution in [1.82, 2.24) is 4.57 Å². The minimum absolute atomic E-state index is 0.161. The first-order valence-corrected chi connectivity index (χ1v) is 8.47. The number of hydrogen-bond acceptors (Lipinski definition) is 4. The van der Waals surface area contributed by atoms with Crippen LogP contribution in [0.1, 0.15) is 24.6 Å². The molecule has 5 nitrogen and oxygen atoms in total. The Kier molecular flexibility index (Phi) is 4.03. The van der Waals surface area contributed by atoms with E-state index in [-0.39, 0.29) is 11.4 Å². The quantitative estimate of drug-likeness (QED) is 0.656. The molecule has 0 bridgehead atoms. The lowest BCUT2D eigenvalue weighted by Gasteiger charge is -2.27. The minimum Gasteiger partial charge on any atom is -0.497 e. The van der Waals surface area contributed by atoms with Gasteiger partial charge in [0.05, 0.1) is 12.8 Å². The van der Waals surface area contributed by atoms with E-state index >= 15 is 0 Å². The van der Waals surface area contributed by atoms with Crippen LogP contribution in [0.15, 0.2) is 52.4 Å². The van der Waals surface area contributed by atoms with Crippen molar-refractivity contribution in [2.45, 2.75) is 25.4 Å². The molecule has 0 radical (unpaired) electrons. The highest BCUT2D eigenvalue weighted by molar-refractivity contribution is 5.98. The molecular weight excluding hydrogens is 335 g/mol. The fraction of sp³-hybridized carbons (Fsp3) is 0.250. The SMILES string of the molecule is COc1ccc2c(=O)n3c(c(-c4cccc(F)c4)c2c1)C(N=O)CCC3. The second kappa shape index (κ2) is 6.37. The van der Waals surface area contributed by atoms with Crippen molar-refractivity contribution >= 4 is 10.8 Å². The first-order valence-electron chi connectivity index (χ1n) is 8.47. The zero-order chi connectivity index (χ0) is 18.3. The van der Waals surface area contributed by atoms with Crippen LogP contribution in [0.3, 0.4) is 0 Å². The van der Waals surface area contributed by atoms with Crippen LogP contribution in [0.4, 0.5) is 4.39 Å². The molecule has 0 spiro atoms. The van der Waals surface area contributed by atoms with Crippen LogP contribution in [0.2, 0.25) is 0 Å². The Morgan fingerprint density at radius 3 is 2.77 bits per heavy atom. The summed E-state index contributed by atoms with van der Waals surface area (Å²) in [6, 6.07) is 10.7. The van der Waals surface area contributed by atoms with Gasteiger partial charge in [-0.3, -0.25) is 4.79 Å². The normalized spacial score (nSPS) is 16.3. The molecule has 0 fully saturated rings. The summed E-state index contributed by atoms with van der Waals surface area (Å²) in [5.74, 6) is 0.209. The molecule has 6 heteroatoms. The Morgan fingerprint density at radius 1 is 1.19 bits per heavy atom. The number of ether oxygens (including phenoxy) is 1. The molecule has 3 aromatic rings. The van der Waals surface area contributed by atoms with Gasteiger partial charge in [0.2, 0.25) is 0 Å². The maximum absolute atomic E-state index is 13.9. The van der Waals surface area contributed by atoms with Gasteiger partial charge in [0, 0.05) is 22.9 Å². The van der Waals surface area contributed by atoms with E-state index in [9.17, 15) is 14.1 Å². The van der Waals surface area contributed by atoms with Gasteiger partial charge in [-0.15, -0.1) is 0 Å². The molecule has 0 aliphatic carbocycles. The van der Waals surface area contributed by atoms with Crippen LogP contribution in [-0.2, 0) is 6.54 Å². The van der Waals surface area contributed by atoms with Crippen LogP contribution in [-0.4, -0.2) is 11.7 Å². The Labute approximate surface area is 149 Å². The van der Waals surface area contributed by atoms with Gasteiger partial charge in [0.1, 0.15) is 17.6 Å². The number of nitroso groups, excluding NO2 is 1. The summed E-state index contributed by atoms with van der Waals surface area (Å²) in [5, 5.41) is 4.41. The van der Waals surface area contributed by atoms with Crippen molar-refractivity contribution in [2.75, 3.05) is 7.11 Å². The van der Waals surface area contributed by atoms with E-state index in [0.717, 1.165) is 0 Å². The third-order valence-corrected chi connectivity index (χ3v) is 4.93. The summed E-state index contributed by atoms with van der Waals surface area (Å²) in [7, 11) is 1.55. The highest BCUT2D eigenvalue weighted by atomic mass is 19.1. The molecule has 4 rings (SSSR count). The number of rotatable bonds is 3. The largest absolute Gasteiger partial charge is 0.497 e. The molecule has 1 aromatic heterocycles. The average molecular weight is 352 g/mol. The number of aromatic nitrogens is 1. The van der Waals surface area contributed by atoms with E-state index in [1.165, 1.54) is 12.1 Å². The van der Waals surface area contributed by atoms with Gasteiger partial charge in [0.25, 0.3) is 5.56 Å². The number of halogens is 1. The summed E-state index contributed by atoms with van der Waals surface area (Å²) < 4.78 is 20.8. The highest BCUT2D eigenvalue weighted by Gasteiger charge is 2.28. The van der Waals surface area contributed by atoms with Crippen LogP contribution in [0, 0.1) is 10.7 Å². The van der Waals surface area contributed by atoms with Gasteiger partial charge < -0.3 is 9.30 Å². The lowest BCUT2D eigenvalue weighted by molar-refractivity contribution is 0.415. The summed E-state index contributed by atoms with van der Waals surface area (Å²) in [4.78, 5) is 24.5. The third kappa shape index (κ3) is 2.49. The predicted octanol–water partition coefficient (Wildman–Crippen LogP) is 4.42. The third-order valence-electron chi connectivity index (χ3n) is 4.93. The second-order valence-corrected chi connectivity index (χ2v) is 6.40. The van der Waals surface area contributed by atoms with Crippen LogP contribution in [0.5, 0.6) is 5.75 Å². The highest BCUT2D eigenvalue weighted by Crippen LogP contribution is 2.40. The molecule has 132 valence electrons. The average Bonchev–Trinajstić information content (AvgIpc) is 2.67. The zero-order valence-electron chi connectivity index (χ0n) is 14.2. The van der Waals surface area contributed by atoms with Crippen molar-refractivity contribution < 1.29 is 9.13 Å². The van der Waals surface area contributed by atoms with Crippen LogP contribution < -0.4 is 10.3 Å². The van der Waals surface area contributed by atoms with Crippen molar-refractivity contribution in [3.05, 3.63) is 69.2 Å². The fourth-order valence-corrected chi connectivity index (χ4v) is 3.77. The molecule has 0 amide bonds. The number of methoxy groups -OCH3 is 1. The lowest BCUT2D eigenvalue weighted by Crippen LogP contribution is -2.29. The molecule has 1 unspecified atom stereocenters. The number of benzene rings is 2. The van der Waals surface area contributed by atoms with Gasteiger partial charge in [-0.1, -0.05) is 17.3 Å². The topological polar surface area (TPSA) is 60.7 Å². The van der Waals surface area contributed by atoms with E-state index < -0.39 is 6.04 Å². The molecule has 1 aliphatic heterocycles. The fourth-order valence-electron chi connectivity index (χ4n) is 3.77.